The highest BCUT2D eigenvalue weighted by molar-refractivity contribution is 6.30. The van der Waals surface area contributed by atoms with E-state index in [0.29, 0.717) is 0 Å². The minimum absolute atomic E-state index is 0.756. The Morgan fingerprint density at radius 1 is 0.786 bits per heavy atom. The van der Waals surface area contributed by atoms with Gasteiger partial charge >= 0.3 is 0 Å². The largest absolute Gasteiger partial charge is 0.0654 e. The summed E-state index contributed by atoms with van der Waals surface area (Å²) in [6.07, 6.45) is 14.1. The van der Waals surface area contributed by atoms with E-state index in [1.54, 1.807) is 0 Å². The smallest absolute Gasteiger partial charge is 0.0258 e. The maximum atomic E-state index is 5.48. The predicted molar refractivity (Wildman–Crippen MR) is 123 cm³/mol. The number of rotatable bonds is 8. The molecule has 1 heteroatoms. The fourth-order valence-electron chi connectivity index (χ4n) is 4.57. The molecule has 28 heavy (non-hydrogen) atoms. The van der Waals surface area contributed by atoms with Crippen molar-refractivity contribution in [3.05, 3.63) is 59.7 Å². The maximum absolute atomic E-state index is 5.48. The lowest BCUT2D eigenvalue weighted by Gasteiger charge is -2.29. The van der Waals surface area contributed by atoms with Crippen molar-refractivity contribution in [1.29, 1.82) is 0 Å². The summed E-state index contributed by atoms with van der Waals surface area (Å²) < 4.78 is 0. The third-order valence-electron chi connectivity index (χ3n) is 6.35. The van der Waals surface area contributed by atoms with Gasteiger partial charge in [0.2, 0.25) is 0 Å². The maximum Gasteiger partial charge on any atom is 0.0258 e. The third kappa shape index (κ3) is 6.15. The summed E-state index contributed by atoms with van der Waals surface area (Å²) in [5.41, 5.74) is 4.99. The first-order valence-electron chi connectivity index (χ1n) is 11.1. The second kappa shape index (κ2) is 11.3. The van der Waals surface area contributed by atoms with Gasteiger partial charge in [-0.1, -0.05) is 81.8 Å². The van der Waals surface area contributed by atoms with E-state index in [4.69, 9.17) is 11.6 Å². The van der Waals surface area contributed by atoms with Crippen molar-refractivity contribution in [1.82, 2.24) is 0 Å². The fourth-order valence-corrected chi connectivity index (χ4v) is 4.68. The second-order valence-corrected chi connectivity index (χ2v) is 8.53. The lowest BCUT2D eigenvalue weighted by Crippen LogP contribution is -2.13. The number of hydrogen-bond donors (Lipinski definition) is 0. The molecule has 0 bridgehead atoms. The molecule has 0 amide bonds. The van der Waals surface area contributed by atoms with E-state index in [0.717, 1.165) is 17.4 Å². The molecule has 1 saturated carbocycles. The first-order valence-corrected chi connectivity index (χ1v) is 11.5. The topological polar surface area (TPSA) is 0 Å². The Kier molecular flexibility index (Phi) is 8.50. The van der Waals surface area contributed by atoms with Gasteiger partial charge in [-0.05, 0) is 83.9 Å². The molecule has 0 saturated heterocycles. The van der Waals surface area contributed by atoms with Crippen molar-refractivity contribution >= 4 is 11.6 Å². The van der Waals surface area contributed by atoms with Crippen molar-refractivity contribution in [2.45, 2.75) is 77.0 Å². The molecular formula is C27H33Cl. The Hall–Kier alpha value is -1.71. The molecule has 0 nitrogen and oxygen atoms in total. The average Bonchev–Trinajstić information content (AvgIpc) is 2.75. The van der Waals surface area contributed by atoms with Crippen LogP contribution in [-0.4, -0.2) is 0 Å². The predicted octanol–water partition coefficient (Wildman–Crippen LogP) is 8.54. The van der Waals surface area contributed by atoms with Gasteiger partial charge in [0.15, 0.2) is 0 Å². The lowest BCUT2D eigenvalue weighted by molar-refractivity contribution is 0.302. The van der Waals surface area contributed by atoms with E-state index in [-0.39, 0.29) is 0 Å². The molecule has 0 aliphatic heterocycles. The van der Waals surface area contributed by atoms with E-state index in [2.05, 4.69) is 54.6 Å². The summed E-state index contributed by atoms with van der Waals surface area (Å²) in [4.78, 5) is 0. The monoisotopic (exact) mass is 392 g/mol. The molecule has 1 fully saturated rings. The molecule has 3 rings (SSSR count). The van der Waals surface area contributed by atoms with Gasteiger partial charge in [0.1, 0.15) is 0 Å². The molecule has 0 spiro atoms. The second-order valence-electron chi connectivity index (χ2n) is 8.34. The molecule has 148 valence electrons. The molecule has 1 aliphatic rings. The number of benzene rings is 2. The van der Waals surface area contributed by atoms with Crippen molar-refractivity contribution in [2.24, 2.45) is 5.92 Å². The van der Waals surface area contributed by atoms with Crippen molar-refractivity contribution in [3.8, 4) is 22.4 Å². The summed E-state index contributed by atoms with van der Waals surface area (Å²) in [5.74, 6) is 4.61. The van der Waals surface area contributed by atoms with E-state index in [1.165, 1.54) is 80.9 Å². The first-order chi connectivity index (χ1) is 13.8. The molecule has 0 N–H and O–H groups in total. The summed E-state index contributed by atoms with van der Waals surface area (Å²) in [6, 6.07) is 17.5. The van der Waals surface area contributed by atoms with Gasteiger partial charge in [0.25, 0.3) is 0 Å². The third-order valence-corrected chi connectivity index (χ3v) is 6.45. The van der Waals surface area contributed by atoms with E-state index in [1.807, 2.05) is 12.1 Å². The lowest BCUT2D eigenvalue weighted by atomic mass is 9.77. The number of hydrogen-bond acceptors (Lipinski definition) is 0. The Morgan fingerprint density at radius 2 is 1.39 bits per heavy atom. The van der Waals surface area contributed by atoms with Crippen molar-refractivity contribution < 1.29 is 0 Å². The van der Waals surface area contributed by atoms with Gasteiger partial charge in [-0.2, -0.15) is 0 Å². The number of halogens is 1. The zero-order valence-electron chi connectivity index (χ0n) is 17.2. The highest BCUT2D eigenvalue weighted by Gasteiger charge is 2.22. The Balaban J connectivity index is 1.48. The van der Waals surface area contributed by atoms with Crippen LogP contribution in [0.1, 0.15) is 88.2 Å². The van der Waals surface area contributed by atoms with Crippen LogP contribution in [0.25, 0.3) is 11.1 Å². The number of unbranched alkanes of at least 4 members (excludes halogenated alkanes) is 4. The molecule has 0 aromatic heterocycles. The minimum Gasteiger partial charge on any atom is -0.0654 e. The molecule has 0 unspecified atom stereocenters. The Morgan fingerprint density at radius 3 is 2.00 bits per heavy atom. The zero-order valence-corrected chi connectivity index (χ0v) is 18.0. The standard InChI is InChI=1S/C27H33Cl/c1-2-3-4-5-6-7-22-8-12-24(13-9-22)26-16-18-27(19-17-26)25-14-10-23(11-15-25)20-21-28/h10-11,14-19,22,24H,2-9,12-13H2,1H3. The molecular weight excluding hydrogens is 360 g/mol. The van der Waals surface area contributed by atoms with Crippen LogP contribution in [-0.2, 0) is 0 Å². The molecule has 2 aromatic carbocycles. The highest BCUT2D eigenvalue weighted by atomic mass is 35.5. The van der Waals surface area contributed by atoms with Gasteiger partial charge in [0, 0.05) is 10.9 Å². The minimum atomic E-state index is 0.756. The average molecular weight is 393 g/mol. The van der Waals surface area contributed by atoms with Gasteiger partial charge < -0.3 is 0 Å². The summed E-state index contributed by atoms with van der Waals surface area (Å²) >= 11 is 5.48. The summed E-state index contributed by atoms with van der Waals surface area (Å²) in [5, 5.41) is 2.43. The van der Waals surface area contributed by atoms with Crippen molar-refractivity contribution in [3.63, 3.8) is 0 Å². The quantitative estimate of drug-likeness (QED) is 0.312. The van der Waals surface area contributed by atoms with Crippen LogP contribution < -0.4 is 0 Å². The molecule has 1 aliphatic carbocycles. The van der Waals surface area contributed by atoms with E-state index in [9.17, 15) is 0 Å². The van der Waals surface area contributed by atoms with E-state index < -0.39 is 0 Å². The van der Waals surface area contributed by atoms with Crippen LogP contribution in [0.5, 0.6) is 0 Å². The normalized spacial score (nSPS) is 19.1. The van der Waals surface area contributed by atoms with E-state index >= 15 is 0 Å². The van der Waals surface area contributed by atoms with Gasteiger partial charge in [0.05, 0.1) is 0 Å². The van der Waals surface area contributed by atoms with Crippen LogP contribution in [0.4, 0.5) is 0 Å². The SMILES string of the molecule is CCCCCCCC1CCC(c2ccc(-c3ccc(C#CCl)cc3)cc2)CC1. The Labute approximate surface area is 176 Å². The Bertz CT molecular complexity index is 753. The van der Waals surface area contributed by atoms with Crippen LogP contribution in [0, 0.1) is 17.2 Å². The summed E-state index contributed by atoms with van der Waals surface area (Å²) in [6.45, 7) is 2.29. The molecule has 0 atom stereocenters. The molecule has 2 aromatic rings. The van der Waals surface area contributed by atoms with Gasteiger partial charge in [-0.3, -0.25) is 0 Å². The first kappa shape index (κ1) is 21.0. The molecule has 0 heterocycles. The van der Waals surface area contributed by atoms with Crippen LogP contribution in [0.3, 0.4) is 0 Å². The molecule has 0 radical (unpaired) electrons. The van der Waals surface area contributed by atoms with Crippen LogP contribution >= 0.6 is 11.6 Å². The fraction of sp³-hybridized carbons (Fsp3) is 0.481. The summed E-state index contributed by atoms with van der Waals surface area (Å²) in [7, 11) is 0. The highest BCUT2D eigenvalue weighted by Crippen LogP contribution is 2.38. The van der Waals surface area contributed by atoms with Gasteiger partial charge in [-0.25, -0.2) is 0 Å². The van der Waals surface area contributed by atoms with Crippen LogP contribution in [0.15, 0.2) is 48.5 Å². The van der Waals surface area contributed by atoms with Crippen LogP contribution in [0.2, 0.25) is 0 Å². The van der Waals surface area contributed by atoms with Crippen molar-refractivity contribution in [2.75, 3.05) is 0 Å². The van der Waals surface area contributed by atoms with Gasteiger partial charge in [-0.15, -0.1) is 0 Å². The zero-order chi connectivity index (χ0) is 19.6.